The monoisotopic (exact) mass is 429 g/mol. The molecule has 0 aliphatic carbocycles. The van der Waals surface area contributed by atoms with Crippen molar-refractivity contribution in [1.29, 1.82) is 0 Å². The lowest BCUT2D eigenvalue weighted by Gasteiger charge is -2.15. The maximum atomic E-state index is 13.2. The van der Waals surface area contributed by atoms with Gasteiger partial charge in [-0.15, -0.1) is 0 Å². The SMILES string of the molecule is O=C1/C(=C/c2cccc([N+](=O)[O-])c2)SC(=NCc2ccccc2)N1Cc1ccccc1. The normalized spacial score (nSPS) is 16.3. The highest BCUT2D eigenvalue weighted by molar-refractivity contribution is 8.18. The molecule has 0 radical (unpaired) electrons. The van der Waals surface area contributed by atoms with E-state index in [0.29, 0.717) is 28.7 Å². The Kier molecular flexibility index (Phi) is 6.24. The lowest BCUT2D eigenvalue weighted by atomic mass is 10.2. The molecule has 7 heteroatoms. The van der Waals surface area contributed by atoms with Crippen LogP contribution in [0, 0.1) is 10.1 Å². The fraction of sp³-hybridized carbons (Fsp3) is 0.0833. The number of hydrogen-bond acceptors (Lipinski definition) is 5. The van der Waals surface area contributed by atoms with Crippen LogP contribution in [0.1, 0.15) is 16.7 Å². The zero-order chi connectivity index (χ0) is 21.6. The van der Waals surface area contributed by atoms with Gasteiger partial charge in [-0.05, 0) is 34.5 Å². The standard InChI is InChI=1S/C24H19N3O3S/c28-23-22(15-20-12-7-13-21(14-20)27(29)30)31-24(25-16-18-8-3-1-4-9-18)26(23)17-19-10-5-2-6-11-19/h1-15H,16-17H2/b22-15-,25-24?. The van der Waals surface area contributed by atoms with Crippen LogP contribution in [0.5, 0.6) is 0 Å². The van der Waals surface area contributed by atoms with Gasteiger partial charge in [0.2, 0.25) is 0 Å². The summed E-state index contributed by atoms with van der Waals surface area (Å²) in [6.45, 7) is 0.873. The minimum absolute atomic E-state index is 0.0103. The van der Waals surface area contributed by atoms with Gasteiger partial charge in [0.15, 0.2) is 5.17 Å². The van der Waals surface area contributed by atoms with Crippen molar-refractivity contribution in [2.24, 2.45) is 4.99 Å². The second kappa shape index (κ2) is 9.40. The molecule has 4 rings (SSSR count). The lowest BCUT2D eigenvalue weighted by molar-refractivity contribution is -0.384. The van der Waals surface area contributed by atoms with Crippen molar-refractivity contribution in [1.82, 2.24) is 4.90 Å². The first-order valence-electron chi connectivity index (χ1n) is 9.68. The number of nitro groups is 1. The van der Waals surface area contributed by atoms with Crippen molar-refractivity contribution in [2.75, 3.05) is 0 Å². The van der Waals surface area contributed by atoms with Gasteiger partial charge in [-0.25, -0.2) is 0 Å². The molecule has 1 heterocycles. The maximum Gasteiger partial charge on any atom is 0.270 e. The molecule has 31 heavy (non-hydrogen) atoms. The summed E-state index contributed by atoms with van der Waals surface area (Å²) in [5.74, 6) is -0.160. The number of aliphatic imine (C=N–C) groups is 1. The van der Waals surface area contributed by atoms with Crippen LogP contribution in [0.15, 0.2) is 94.8 Å². The fourth-order valence-corrected chi connectivity index (χ4v) is 4.13. The Morgan fingerprint density at radius 1 is 0.935 bits per heavy atom. The van der Waals surface area contributed by atoms with Crippen LogP contribution in [-0.4, -0.2) is 20.9 Å². The van der Waals surface area contributed by atoms with Crippen molar-refractivity contribution < 1.29 is 9.72 Å². The average molecular weight is 430 g/mol. The topological polar surface area (TPSA) is 75.8 Å². The van der Waals surface area contributed by atoms with Crippen molar-refractivity contribution in [3.8, 4) is 0 Å². The predicted molar refractivity (Wildman–Crippen MR) is 123 cm³/mol. The van der Waals surface area contributed by atoms with Gasteiger partial charge in [-0.1, -0.05) is 72.8 Å². The van der Waals surface area contributed by atoms with Crippen LogP contribution >= 0.6 is 11.8 Å². The van der Waals surface area contributed by atoms with Gasteiger partial charge in [0.05, 0.1) is 22.9 Å². The van der Waals surface area contributed by atoms with Crippen LogP contribution in [0.4, 0.5) is 5.69 Å². The van der Waals surface area contributed by atoms with E-state index in [-0.39, 0.29) is 11.6 Å². The molecular weight excluding hydrogens is 410 g/mol. The minimum atomic E-state index is -0.444. The number of amides is 1. The molecule has 1 aliphatic rings. The predicted octanol–water partition coefficient (Wildman–Crippen LogP) is 5.27. The van der Waals surface area contributed by atoms with Crippen LogP contribution in [0.25, 0.3) is 6.08 Å². The fourth-order valence-electron chi connectivity index (χ4n) is 3.15. The number of carbonyl (C=O) groups is 1. The summed E-state index contributed by atoms with van der Waals surface area (Å²) < 4.78 is 0. The van der Waals surface area contributed by atoms with Gasteiger partial charge >= 0.3 is 0 Å². The van der Waals surface area contributed by atoms with Crippen LogP contribution in [-0.2, 0) is 17.9 Å². The summed E-state index contributed by atoms with van der Waals surface area (Å²) in [6, 6.07) is 25.8. The second-order valence-corrected chi connectivity index (χ2v) is 7.93. The highest BCUT2D eigenvalue weighted by atomic mass is 32.2. The van der Waals surface area contributed by atoms with E-state index < -0.39 is 4.92 Å². The van der Waals surface area contributed by atoms with Crippen LogP contribution < -0.4 is 0 Å². The van der Waals surface area contributed by atoms with Crippen molar-refractivity contribution in [3.05, 3.63) is 117 Å². The van der Waals surface area contributed by atoms with E-state index in [2.05, 4.69) is 0 Å². The number of amidine groups is 1. The molecular formula is C24H19N3O3S. The van der Waals surface area contributed by atoms with Crippen LogP contribution in [0.3, 0.4) is 0 Å². The first kappa shape index (κ1) is 20.6. The van der Waals surface area contributed by atoms with E-state index in [1.807, 2.05) is 60.7 Å². The summed E-state index contributed by atoms with van der Waals surface area (Å²) in [4.78, 5) is 30.6. The molecule has 1 saturated heterocycles. The zero-order valence-electron chi connectivity index (χ0n) is 16.5. The van der Waals surface area contributed by atoms with E-state index in [4.69, 9.17) is 4.99 Å². The van der Waals surface area contributed by atoms with Gasteiger partial charge < -0.3 is 0 Å². The molecule has 0 spiro atoms. The molecule has 0 saturated carbocycles. The molecule has 3 aromatic carbocycles. The molecule has 0 unspecified atom stereocenters. The summed E-state index contributed by atoms with van der Waals surface area (Å²) in [7, 11) is 0. The van der Waals surface area contributed by atoms with E-state index in [0.717, 1.165) is 11.1 Å². The van der Waals surface area contributed by atoms with Crippen molar-refractivity contribution >= 4 is 34.6 Å². The Morgan fingerprint density at radius 2 is 1.61 bits per heavy atom. The van der Waals surface area contributed by atoms with Crippen molar-refractivity contribution in [3.63, 3.8) is 0 Å². The second-order valence-electron chi connectivity index (χ2n) is 6.92. The average Bonchev–Trinajstić information content (AvgIpc) is 3.08. The number of carbonyl (C=O) groups excluding carboxylic acids is 1. The largest absolute Gasteiger partial charge is 0.282 e. The zero-order valence-corrected chi connectivity index (χ0v) is 17.4. The first-order chi connectivity index (χ1) is 15.1. The lowest BCUT2D eigenvalue weighted by Crippen LogP contribution is -2.28. The molecule has 0 N–H and O–H groups in total. The Bertz CT molecular complexity index is 1160. The highest BCUT2D eigenvalue weighted by Gasteiger charge is 2.33. The summed E-state index contributed by atoms with van der Waals surface area (Å²) in [6.07, 6.45) is 1.68. The number of benzene rings is 3. The highest BCUT2D eigenvalue weighted by Crippen LogP contribution is 2.34. The van der Waals surface area contributed by atoms with Gasteiger partial charge in [0.1, 0.15) is 0 Å². The number of rotatable bonds is 6. The van der Waals surface area contributed by atoms with Crippen molar-refractivity contribution in [2.45, 2.75) is 13.1 Å². The first-order valence-corrected chi connectivity index (χ1v) is 10.5. The smallest absolute Gasteiger partial charge is 0.270 e. The third-order valence-electron chi connectivity index (χ3n) is 4.69. The maximum absolute atomic E-state index is 13.2. The molecule has 6 nitrogen and oxygen atoms in total. The number of thioether (sulfide) groups is 1. The number of nitrogens with zero attached hydrogens (tertiary/aromatic N) is 3. The van der Waals surface area contributed by atoms with E-state index in [1.54, 1.807) is 23.1 Å². The molecule has 3 aromatic rings. The Hall–Kier alpha value is -3.71. The number of nitro benzene ring substituents is 1. The molecule has 0 aromatic heterocycles. The third-order valence-corrected chi connectivity index (χ3v) is 5.73. The van der Waals surface area contributed by atoms with Gasteiger partial charge in [0.25, 0.3) is 11.6 Å². The third kappa shape index (κ3) is 5.07. The van der Waals surface area contributed by atoms with Gasteiger partial charge in [-0.2, -0.15) is 0 Å². The Labute approximate surface area is 184 Å². The molecule has 1 aliphatic heterocycles. The molecule has 1 amide bonds. The van der Waals surface area contributed by atoms with Crippen LogP contribution in [0.2, 0.25) is 0 Å². The summed E-state index contributed by atoms with van der Waals surface area (Å²) in [5, 5.41) is 11.7. The molecule has 154 valence electrons. The number of non-ortho nitro benzene ring substituents is 1. The molecule has 0 bridgehead atoms. The Morgan fingerprint density at radius 3 is 2.29 bits per heavy atom. The van der Waals surface area contributed by atoms with E-state index in [1.165, 1.54) is 23.9 Å². The van der Waals surface area contributed by atoms with E-state index >= 15 is 0 Å². The van der Waals surface area contributed by atoms with Gasteiger partial charge in [-0.3, -0.25) is 24.8 Å². The van der Waals surface area contributed by atoms with Gasteiger partial charge in [0, 0.05) is 12.1 Å². The Balaban J connectivity index is 1.64. The minimum Gasteiger partial charge on any atom is -0.282 e. The van der Waals surface area contributed by atoms with E-state index in [9.17, 15) is 14.9 Å². The summed E-state index contributed by atoms with van der Waals surface area (Å²) >= 11 is 1.29. The molecule has 0 atom stereocenters. The molecule has 1 fully saturated rings. The quantitative estimate of drug-likeness (QED) is 0.304. The number of hydrogen-bond donors (Lipinski definition) is 0. The summed E-state index contributed by atoms with van der Waals surface area (Å²) in [5.41, 5.74) is 2.65.